The SMILES string of the molecule is CCCOc1cccc(C(Br)Cc2cccc(OC)c2)c1. The molecule has 2 aromatic carbocycles. The lowest BCUT2D eigenvalue weighted by Gasteiger charge is -2.13. The van der Waals surface area contributed by atoms with Gasteiger partial charge in [0, 0.05) is 4.83 Å². The van der Waals surface area contributed by atoms with E-state index in [2.05, 4.69) is 47.1 Å². The fourth-order valence-corrected chi connectivity index (χ4v) is 2.80. The molecular formula is C18H21BrO2. The van der Waals surface area contributed by atoms with Crippen LogP contribution in [0.25, 0.3) is 0 Å². The minimum absolute atomic E-state index is 0.259. The third kappa shape index (κ3) is 4.78. The standard InChI is InChI=1S/C18H21BrO2/c1-3-10-21-17-9-5-7-15(13-17)18(19)12-14-6-4-8-16(11-14)20-2/h4-9,11,13,18H,3,10,12H2,1-2H3. The van der Waals surface area contributed by atoms with Crippen molar-refractivity contribution in [1.29, 1.82) is 0 Å². The molecule has 0 fully saturated rings. The molecule has 0 aliphatic rings. The monoisotopic (exact) mass is 348 g/mol. The van der Waals surface area contributed by atoms with Crippen molar-refractivity contribution in [2.45, 2.75) is 24.6 Å². The Hall–Kier alpha value is -1.48. The molecule has 0 saturated carbocycles. The maximum absolute atomic E-state index is 5.69. The third-order valence-corrected chi connectivity index (χ3v) is 4.09. The molecule has 2 rings (SSSR count). The van der Waals surface area contributed by atoms with Crippen molar-refractivity contribution in [3.8, 4) is 11.5 Å². The second-order valence-corrected chi connectivity index (χ2v) is 6.05. The lowest BCUT2D eigenvalue weighted by Crippen LogP contribution is -1.99. The highest BCUT2D eigenvalue weighted by Crippen LogP contribution is 2.30. The number of methoxy groups -OCH3 is 1. The van der Waals surface area contributed by atoms with E-state index in [-0.39, 0.29) is 4.83 Å². The number of alkyl halides is 1. The third-order valence-electron chi connectivity index (χ3n) is 3.24. The molecule has 2 aromatic rings. The predicted octanol–water partition coefficient (Wildman–Crippen LogP) is 5.16. The Morgan fingerprint density at radius 3 is 2.57 bits per heavy atom. The summed E-state index contributed by atoms with van der Waals surface area (Å²) in [6, 6.07) is 16.5. The molecule has 0 aliphatic carbocycles. The first-order chi connectivity index (χ1) is 10.2. The van der Waals surface area contributed by atoms with Gasteiger partial charge in [-0.05, 0) is 48.2 Å². The molecule has 0 aliphatic heterocycles. The van der Waals surface area contributed by atoms with Crippen LogP contribution in [0.2, 0.25) is 0 Å². The minimum Gasteiger partial charge on any atom is -0.497 e. The molecular weight excluding hydrogens is 328 g/mol. The smallest absolute Gasteiger partial charge is 0.119 e. The summed E-state index contributed by atoms with van der Waals surface area (Å²) >= 11 is 3.78. The Balaban J connectivity index is 2.06. The van der Waals surface area contributed by atoms with Gasteiger partial charge < -0.3 is 9.47 Å². The van der Waals surface area contributed by atoms with Gasteiger partial charge in [0.2, 0.25) is 0 Å². The van der Waals surface area contributed by atoms with Crippen LogP contribution >= 0.6 is 15.9 Å². The van der Waals surface area contributed by atoms with Gasteiger partial charge in [-0.2, -0.15) is 0 Å². The first-order valence-corrected chi connectivity index (χ1v) is 8.14. The molecule has 0 radical (unpaired) electrons. The highest BCUT2D eigenvalue weighted by atomic mass is 79.9. The Kier molecular flexibility index (Phi) is 6.12. The van der Waals surface area contributed by atoms with Crippen molar-refractivity contribution >= 4 is 15.9 Å². The van der Waals surface area contributed by atoms with Crippen LogP contribution in [0.1, 0.15) is 29.3 Å². The van der Waals surface area contributed by atoms with E-state index in [9.17, 15) is 0 Å². The molecule has 1 unspecified atom stereocenters. The maximum Gasteiger partial charge on any atom is 0.119 e. The lowest BCUT2D eigenvalue weighted by molar-refractivity contribution is 0.317. The molecule has 0 saturated heterocycles. The highest BCUT2D eigenvalue weighted by molar-refractivity contribution is 9.09. The van der Waals surface area contributed by atoms with E-state index in [1.807, 2.05) is 24.3 Å². The van der Waals surface area contributed by atoms with Gasteiger partial charge in [-0.15, -0.1) is 0 Å². The summed E-state index contributed by atoms with van der Waals surface area (Å²) in [7, 11) is 1.69. The Morgan fingerprint density at radius 1 is 1.05 bits per heavy atom. The van der Waals surface area contributed by atoms with Crippen molar-refractivity contribution in [1.82, 2.24) is 0 Å². The fraction of sp³-hybridized carbons (Fsp3) is 0.333. The Labute approximate surface area is 135 Å². The van der Waals surface area contributed by atoms with Crippen molar-refractivity contribution < 1.29 is 9.47 Å². The molecule has 2 nitrogen and oxygen atoms in total. The van der Waals surface area contributed by atoms with Gasteiger partial charge in [0.15, 0.2) is 0 Å². The number of hydrogen-bond acceptors (Lipinski definition) is 2. The summed E-state index contributed by atoms with van der Waals surface area (Å²) in [6.45, 7) is 2.87. The predicted molar refractivity (Wildman–Crippen MR) is 90.6 cm³/mol. The zero-order chi connectivity index (χ0) is 15.1. The zero-order valence-corrected chi connectivity index (χ0v) is 14.1. The van der Waals surface area contributed by atoms with Crippen molar-refractivity contribution in [3.63, 3.8) is 0 Å². The molecule has 0 amide bonds. The van der Waals surface area contributed by atoms with Crippen molar-refractivity contribution in [2.75, 3.05) is 13.7 Å². The van der Waals surface area contributed by atoms with E-state index in [1.165, 1.54) is 11.1 Å². The molecule has 0 bridgehead atoms. The molecule has 112 valence electrons. The highest BCUT2D eigenvalue weighted by Gasteiger charge is 2.10. The van der Waals surface area contributed by atoms with Crippen molar-refractivity contribution in [3.05, 3.63) is 59.7 Å². The number of benzene rings is 2. The van der Waals surface area contributed by atoms with E-state index < -0.39 is 0 Å². The number of hydrogen-bond donors (Lipinski definition) is 0. The van der Waals surface area contributed by atoms with E-state index in [4.69, 9.17) is 9.47 Å². The summed E-state index contributed by atoms with van der Waals surface area (Å²) in [4.78, 5) is 0.259. The first kappa shape index (κ1) is 15.9. The maximum atomic E-state index is 5.69. The molecule has 0 N–H and O–H groups in total. The normalized spacial score (nSPS) is 12.0. The number of halogens is 1. The van der Waals surface area contributed by atoms with Crippen molar-refractivity contribution in [2.24, 2.45) is 0 Å². The van der Waals surface area contributed by atoms with Gasteiger partial charge in [0.25, 0.3) is 0 Å². The summed E-state index contributed by atoms with van der Waals surface area (Å²) in [6.07, 6.45) is 1.93. The largest absolute Gasteiger partial charge is 0.497 e. The number of ether oxygens (including phenoxy) is 2. The average Bonchev–Trinajstić information content (AvgIpc) is 2.53. The Bertz CT molecular complexity index is 569. The molecule has 1 atom stereocenters. The Morgan fingerprint density at radius 2 is 1.81 bits per heavy atom. The van der Waals surface area contributed by atoms with Crippen LogP contribution in [-0.4, -0.2) is 13.7 Å². The van der Waals surface area contributed by atoms with Gasteiger partial charge in [0.05, 0.1) is 13.7 Å². The topological polar surface area (TPSA) is 18.5 Å². The first-order valence-electron chi connectivity index (χ1n) is 7.22. The van der Waals surface area contributed by atoms with Crippen LogP contribution in [0.15, 0.2) is 48.5 Å². The van der Waals surface area contributed by atoms with E-state index in [1.54, 1.807) is 7.11 Å². The molecule has 0 spiro atoms. The summed E-state index contributed by atoms with van der Waals surface area (Å²) in [5.41, 5.74) is 2.47. The van der Waals surface area contributed by atoms with Crippen LogP contribution < -0.4 is 9.47 Å². The summed E-state index contributed by atoms with van der Waals surface area (Å²) < 4.78 is 11.0. The second-order valence-electron chi connectivity index (χ2n) is 4.94. The van der Waals surface area contributed by atoms with E-state index in [0.717, 1.165) is 30.9 Å². The number of rotatable bonds is 7. The van der Waals surface area contributed by atoms with E-state index in [0.29, 0.717) is 0 Å². The van der Waals surface area contributed by atoms with Crippen LogP contribution in [0, 0.1) is 0 Å². The van der Waals surface area contributed by atoms with Gasteiger partial charge in [0.1, 0.15) is 11.5 Å². The van der Waals surface area contributed by atoms with E-state index >= 15 is 0 Å². The fourth-order valence-electron chi connectivity index (χ4n) is 2.14. The minimum atomic E-state index is 0.259. The summed E-state index contributed by atoms with van der Waals surface area (Å²) in [5, 5.41) is 0. The van der Waals surface area contributed by atoms with Crippen LogP contribution in [0.5, 0.6) is 11.5 Å². The zero-order valence-electron chi connectivity index (χ0n) is 12.5. The van der Waals surface area contributed by atoms with Gasteiger partial charge in [-0.3, -0.25) is 0 Å². The quantitative estimate of drug-likeness (QED) is 0.643. The molecule has 0 aromatic heterocycles. The van der Waals surface area contributed by atoms with Gasteiger partial charge >= 0.3 is 0 Å². The van der Waals surface area contributed by atoms with Crippen LogP contribution in [0.4, 0.5) is 0 Å². The van der Waals surface area contributed by atoms with Crippen LogP contribution in [0.3, 0.4) is 0 Å². The molecule has 21 heavy (non-hydrogen) atoms. The molecule has 0 heterocycles. The lowest BCUT2D eigenvalue weighted by atomic mass is 10.0. The van der Waals surface area contributed by atoms with Gasteiger partial charge in [-0.25, -0.2) is 0 Å². The second kappa shape index (κ2) is 8.08. The van der Waals surface area contributed by atoms with Gasteiger partial charge in [-0.1, -0.05) is 47.1 Å². The molecule has 3 heteroatoms. The summed E-state index contributed by atoms with van der Waals surface area (Å²) in [5.74, 6) is 1.83. The average molecular weight is 349 g/mol. The van der Waals surface area contributed by atoms with Crippen LogP contribution in [-0.2, 0) is 6.42 Å².